The number of nitrogens with one attached hydrogen (secondary N) is 1. The highest BCUT2D eigenvalue weighted by molar-refractivity contribution is 5.76. The molecule has 3 rings (SSSR count). The number of carbonyl (C=O) groups is 1. The van der Waals surface area contributed by atoms with E-state index in [1.807, 2.05) is 42.0 Å². The first-order valence-electron chi connectivity index (χ1n) is 7.21. The molecule has 6 heteroatoms. The summed E-state index contributed by atoms with van der Waals surface area (Å²) < 4.78 is 7.58. The van der Waals surface area contributed by atoms with Gasteiger partial charge in [-0.1, -0.05) is 6.07 Å². The summed E-state index contributed by atoms with van der Waals surface area (Å²) in [6, 6.07) is 5.86. The monoisotopic (exact) mass is 288 g/mol. The largest absolute Gasteiger partial charge is 0.375 e. The SMILES string of the molecule is CN(Cc1cnc2ccccn12)C(=O)CC1CNCCO1. The molecule has 1 aliphatic rings. The number of pyridine rings is 1. The van der Waals surface area contributed by atoms with Crippen molar-refractivity contribution in [2.75, 3.05) is 26.7 Å². The van der Waals surface area contributed by atoms with Crippen LogP contribution in [-0.2, 0) is 16.1 Å². The number of hydrogen-bond donors (Lipinski definition) is 1. The lowest BCUT2D eigenvalue weighted by Crippen LogP contribution is -2.41. The molecule has 2 aromatic heterocycles. The summed E-state index contributed by atoms with van der Waals surface area (Å²) in [5, 5.41) is 3.24. The first-order chi connectivity index (χ1) is 10.2. The third kappa shape index (κ3) is 3.22. The molecule has 0 aliphatic carbocycles. The van der Waals surface area contributed by atoms with Gasteiger partial charge in [0.05, 0.1) is 37.6 Å². The predicted octanol–water partition coefficient (Wildman–Crippen LogP) is 0.671. The van der Waals surface area contributed by atoms with Crippen LogP contribution in [0.4, 0.5) is 0 Å². The molecule has 2 aromatic rings. The minimum absolute atomic E-state index is 0.0177. The molecule has 0 aromatic carbocycles. The Balaban J connectivity index is 1.62. The number of fused-ring (bicyclic) bond motifs is 1. The molecule has 1 fully saturated rings. The Morgan fingerprint density at radius 2 is 2.48 bits per heavy atom. The van der Waals surface area contributed by atoms with Crippen molar-refractivity contribution in [1.29, 1.82) is 0 Å². The zero-order valence-electron chi connectivity index (χ0n) is 12.2. The van der Waals surface area contributed by atoms with Gasteiger partial charge in [-0.05, 0) is 12.1 Å². The van der Waals surface area contributed by atoms with Crippen LogP contribution in [0.5, 0.6) is 0 Å². The topological polar surface area (TPSA) is 58.9 Å². The number of carbonyl (C=O) groups excluding carboxylic acids is 1. The molecule has 1 saturated heterocycles. The fourth-order valence-corrected chi connectivity index (χ4v) is 2.53. The van der Waals surface area contributed by atoms with E-state index in [2.05, 4.69) is 10.3 Å². The Morgan fingerprint density at radius 3 is 3.29 bits per heavy atom. The highest BCUT2D eigenvalue weighted by Crippen LogP contribution is 2.10. The van der Waals surface area contributed by atoms with Crippen molar-refractivity contribution in [3.63, 3.8) is 0 Å². The van der Waals surface area contributed by atoms with E-state index in [1.54, 1.807) is 4.90 Å². The van der Waals surface area contributed by atoms with Gasteiger partial charge in [-0.3, -0.25) is 4.79 Å². The normalized spacial score (nSPS) is 18.8. The maximum Gasteiger partial charge on any atom is 0.225 e. The Bertz CT molecular complexity index is 619. The van der Waals surface area contributed by atoms with Crippen molar-refractivity contribution >= 4 is 11.6 Å². The molecular formula is C15H20N4O2. The summed E-state index contributed by atoms with van der Waals surface area (Å²) in [6.07, 6.45) is 4.18. The number of aromatic nitrogens is 2. The summed E-state index contributed by atoms with van der Waals surface area (Å²) in [6.45, 7) is 2.83. The summed E-state index contributed by atoms with van der Waals surface area (Å²) in [5.41, 5.74) is 1.90. The Labute approximate surface area is 123 Å². The first-order valence-corrected chi connectivity index (χ1v) is 7.21. The van der Waals surface area contributed by atoms with E-state index in [9.17, 15) is 4.79 Å². The fourth-order valence-electron chi connectivity index (χ4n) is 2.53. The van der Waals surface area contributed by atoms with Crippen LogP contribution in [0.25, 0.3) is 5.65 Å². The Kier molecular flexibility index (Phi) is 4.17. The van der Waals surface area contributed by atoms with Crippen molar-refractivity contribution in [1.82, 2.24) is 19.6 Å². The van der Waals surface area contributed by atoms with E-state index in [-0.39, 0.29) is 12.0 Å². The third-order valence-corrected chi connectivity index (χ3v) is 3.73. The van der Waals surface area contributed by atoms with Crippen molar-refractivity contribution < 1.29 is 9.53 Å². The molecule has 0 radical (unpaired) electrons. The second-order valence-electron chi connectivity index (χ2n) is 5.33. The lowest BCUT2D eigenvalue weighted by Gasteiger charge is -2.25. The zero-order valence-corrected chi connectivity index (χ0v) is 12.2. The summed E-state index contributed by atoms with van der Waals surface area (Å²) in [5.74, 6) is 0.0922. The molecule has 1 unspecified atom stereocenters. The van der Waals surface area contributed by atoms with E-state index >= 15 is 0 Å². The number of morpholine rings is 1. The van der Waals surface area contributed by atoms with Crippen molar-refractivity contribution in [2.24, 2.45) is 0 Å². The van der Waals surface area contributed by atoms with E-state index in [1.165, 1.54) is 0 Å². The second-order valence-corrected chi connectivity index (χ2v) is 5.33. The van der Waals surface area contributed by atoms with Gasteiger partial charge in [0, 0.05) is 26.3 Å². The van der Waals surface area contributed by atoms with E-state index in [0.717, 1.165) is 24.4 Å². The molecule has 1 N–H and O–H groups in total. The maximum absolute atomic E-state index is 12.3. The quantitative estimate of drug-likeness (QED) is 0.898. The Morgan fingerprint density at radius 1 is 1.57 bits per heavy atom. The number of imidazole rings is 1. The van der Waals surface area contributed by atoms with Crippen LogP contribution in [0.15, 0.2) is 30.6 Å². The van der Waals surface area contributed by atoms with Crippen molar-refractivity contribution in [3.05, 3.63) is 36.3 Å². The van der Waals surface area contributed by atoms with Crippen LogP contribution in [0.1, 0.15) is 12.1 Å². The molecule has 6 nitrogen and oxygen atoms in total. The van der Waals surface area contributed by atoms with Gasteiger partial charge in [0.15, 0.2) is 0 Å². The highest BCUT2D eigenvalue weighted by Gasteiger charge is 2.20. The third-order valence-electron chi connectivity index (χ3n) is 3.73. The molecule has 1 atom stereocenters. The Hall–Kier alpha value is -1.92. The smallest absolute Gasteiger partial charge is 0.225 e. The van der Waals surface area contributed by atoms with Crippen LogP contribution in [0.3, 0.4) is 0 Å². The first kappa shape index (κ1) is 14.0. The highest BCUT2D eigenvalue weighted by atomic mass is 16.5. The minimum Gasteiger partial charge on any atom is -0.375 e. The van der Waals surface area contributed by atoms with Gasteiger partial charge >= 0.3 is 0 Å². The molecule has 112 valence electrons. The van der Waals surface area contributed by atoms with Gasteiger partial charge in [0.1, 0.15) is 5.65 Å². The molecular weight excluding hydrogens is 268 g/mol. The molecule has 3 heterocycles. The average molecular weight is 288 g/mol. The zero-order chi connectivity index (χ0) is 14.7. The lowest BCUT2D eigenvalue weighted by molar-refractivity contribution is -0.134. The van der Waals surface area contributed by atoms with Gasteiger partial charge in [-0.2, -0.15) is 0 Å². The van der Waals surface area contributed by atoms with Crippen molar-refractivity contribution in [2.45, 2.75) is 19.1 Å². The number of amides is 1. The van der Waals surface area contributed by atoms with Crippen LogP contribution < -0.4 is 5.32 Å². The molecule has 0 spiro atoms. The van der Waals surface area contributed by atoms with Gasteiger partial charge < -0.3 is 19.4 Å². The molecule has 0 bridgehead atoms. The van der Waals surface area contributed by atoms with Gasteiger partial charge in [0.25, 0.3) is 0 Å². The number of rotatable bonds is 4. The predicted molar refractivity (Wildman–Crippen MR) is 78.9 cm³/mol. The minimum atomic E-state index is -0.0177. The average Bonchev–Trinajstić information content (AvgIpc) is 2.91. The number of hydrogen-bond acceptors (Lipinski definition) is 4. The molecule has 1 aliphatic heterocycles. The lowest BCUT2D eigenvalue weighted by atomic mass is 10.2. The summed E-state index contributed by atoms with van der Waals surface area (Å²) in [4.78, 5) is 18.3. The number of nitrogens with zero attached hydrogens (tertiary/aromatic N) is 3. The van der Waals surface area contributed by atoms with Crippen LogP contribution in [-0.4, -0.2) is 53.0 Å². The van der Waals surface area contributed by atoms with E-state index < -0.39 is 0 Å². The molecule has 0 saturated carbocycles. The number of ether oxygens (including phenoxy) is 1. The van der Waals surface area contributed by atoms with Crippen LogP contribution >= 0.6 is 0 Å². The van der Waals surface area contributed by atoms with Crippen LogP contribution in [0.2, 0.25) is 0 Å². The molecule has 21 heavy (non-hydrogen) atoms. The fraction of sp³-hybridized carbons (Fsp3) is 0.467. The van der Waals surface area contributed by atoms with Crippen molar-refractivity contribution in [3.8, 4) is 0 Å². The molecule has 1 amide bonds. The summed E-state index contributed by atoms with van der Waals surface area (Å²) >= 11 is 0. The van der Waals surface area contributed by atoms with Crippen LogP contribution in [0, 0.1) is 0 Å². The van der Waals surface area contributed by atoms with Gasteiger partial charge in [-0.15, -0.1) is 0 Å². The van der Waals surface area contributed by atoms with E-state index in [4.69, 9.17) is 4.74 Å². The van der Waals surface area contributed by atoms with E-state index in [0.29, 0.717) is 19.6 Å². The maximum atomic E-state index is 12.3. The second kappa shape index (κ2) is 6.24. The van der Waals surface area contributed by atoms with Gasteiger partial charge in [-0.25, -0.2) is 4.98 Å². The summed E-state index contributed by atoms with van der Waals surface area (Å²) in [7, 11) is 1.82. The van der Waals surface area contributed by atoms with Gasteiger partial charge in [0.2, 0.25) is 5.91 Å². The standard InChI is InChI=1S/C15H20N4O2/c1-18(15(20)8-13-10-16-5-7-21-13)11-12-9-17-14-4-2-3-6-19(12)14/h2-4,6,9,13,16H,5,7-8,10-11H2,1H3.